The topological polar surface area (TPSA) is 21.3 Å². The molecule has 1 aromatic carbocycles. The maximum Gasteiger partial charge on any atom is 0.123 e. The maximum absolute atomic E-state index is 5.70. The molecular formula is C11H13NO. The molecule has 2 aliphatic rings. The second kappa shape index (κ2) is 2.41. The fourth-order valence-electron chi connectivity index (χ4n) is 2.21. The molecular weight excluding hydrogens is 162 g/mol. The van der Waals surface area contributed by atoms with Crippen LogP contribution in [-0.4, -0.2) is 12.6 Å². The zero-order valence-corrected chi connectivity index (χ0v) is 7.76. The monoisotopic (exact) mass is 175 g/mol. The molecule has 2 heteroatoms. The predicted octanol–water partition coefficient (Wildman–Crippen LogP) is 1.98. The third-order valence-electron chi connectivity index (χ3n) is 2.83. The van der Waals surface area contributed by atoms with Crippen molar-refractivity contribution >= 4 is 5.69 Å². The number of fused-ring (bicyclic) bond motifs is 2. The first-order chi connectivity index (χ1) is 6.33. The standard InChI is InChI=1S/C11H13NO/c1-7-4-9-5-10-8(2-3-12-10)6-11(9)13-7/h5-7,12H,2-4H2,1H3. The minimum atomic E-state index is 0.359. The van der Waals surface area contributed by atoms with Gasteiger partial charge < -0.3 is 10.1 Å². The van der Waals surface area contributed by atoms with Crippen LogP contribution in [0.25, 0.3) is 0 Å². The average Bonchev–Trinajstić information content (AvgIpc) is 2.63. The summed E-state index contributed by atoms with van der Waals surface area (Å²) in [5, 5.41) is 3.39. The fraction of sp³-hybridized carbons (Fsp3) is 0.455. The molecule has 0 saturated heterocycles. The summed E-state index contributed by atoms with van der Waals surface area (Å²) in [6, 6.07) is 4.45. The number of rotatable bonds is 0. The smallest absolute Gasteiger partial charge is 0.123 e. The van der Waals surface area contributed by atoms with Gasteiger partial charge in [0.15, 0.2) is 0 Å². The van der Waals surface area contributed by atoms with Crippen molar-refractivity contribution in [3.05, 3.63) is 23.3 Å². The molecule has 13 heavy (non-hydrogen) atoms. The SMILES string of the molecule is CC1Cc2cc3c(cc2O1)CCN3. The van der Waals surface area contributed by atoms with E-state index in [0.717, 1.165) is 25.1 Å². The van der Waals surface area contributed by atoms with Gasteiger partial charge >= 0.3 is 0 Å². The fourth-order valence-corrected chi connectivity index (χ4v) is 2.21. The van der Waals surface area contributed by atoms with Crippen molar-refractivity contribution in [2.24, 2.45) is 0 Å². The van der Waals surface area contributed by atoms with E-state index in [1.807, 2.05) is 0 Å². The van der Waals surface area contributed by atoms with Crippen molar-refractivity contribution in [2.75, 3.05) is 11.9 Å². The first kappa shape index (κ1) is 7.25. The number of benzene rings is 1. The Morgan fingerprint density at radius 2 is 2.31 bits per heavy atom. The molecule has 2 aliphatic heterocycles. The largest absolute Gasteiger partial charge is 0.490 e. The van der Waals surface area contributed by atoms with Gasteiger partial charge in [0.1, 0.15) is 11.9 Å². The Morgan fingerprint density at radius 3 is 3.23 bits per heavy atom. The van der Waals surface area contributed by atoms with Gasteiger partial charge in [-0.1, -0.05) is 0 Å². The lowest BCUT2D eigenvalue weighted by molar-refractivity contribution is 0.254. The molecule has 1 N–H and O–H groups in total. The van der Waals surface area contributed by atoms with E-state index >= 15 is 0 Å². The number of hydrogen-bond donors (Lipinski definition) is 1. The van der Waals surface area contributed by atoms with Crippen LogP contribution in [0, 0.1) is 0 Å². The molecule has 0 bridgehead atoms. The Morgan fingerprint density at radius 1 is 1.38 bits per heavy atom. The molecule has 2 nitrogen and oxygen atoms in total. The summed E-state index contributed by atoms with van der Waals surface area (Å²) >= 11 is 0. The van der Waals surface area contributed by atoms with Crippen LogP contribution in [0.2, 0.25) is 0 Å². The first-order valence-electron chi connectivity index (χ1n) is 4.89. The van der Waals surface area contributed by atoms with E-state index in [1.54, 1.807) is 0 Å². The Balaban J connectivity index is 2.10. The lowest BCUT2D eigenvalue weighted by atomic mass is 10.1. The molecule has 0 saturated carbocycles. The Bertz CT molecular complexity index is 326. The molecule has 1 unspecified atom stereocenters. The normalized spacial score (nSPS) is 23.3. The van der Waals surface area contributed by atoms with Crippen molar-refractivity contribution in [2.45, 2.75) is 25.9 Å². The van der Waals surface area contributed by atoms with Crippen LogP contribution in [-0.2, 0) is 12.8 Å². The second-order valence-corrected chi connectivity index (χ2v) is 3.93. The van der Waals surface area contributed by atoms with Crippen LogP contribution in [0.5, 0.6) is 5.75 Å². The third kappa shape index (κ3) is 1.01. The highest BCUT2D eigenvalue weighted by Gasteiger charge is 2.22. The van der Waals surface area contributed by atoms with Gasteiger partial charge in [-0.15, -0.1) is 0 Å². The van der Waals surface area contributed by atoms with Gasteiger partial charge in [-0.3, -0.25) is 0 Å². The van der Waals surface area contributed by atoms with E-state index in [9.17, 15) is 0 Å². The minimum Gasteiger partial charge on any atom is -0.490 e. The lowest BCUT2D eigenvalue weighted by Crippen LogP contribution is -2.05. The van der Waals surface area contributed by atoms with Gasteiger partial charge in [0.05, 0.1) is 0 Å². The summed E-state index contributed by atoms with van der Waals surface area (Å²) in [6.07, 6.45) is 2.56. The zero-order valence-electron chi connectivity index (χ0n) is 7.76. The molecule has 68 valence electrons. The highest BCUT2D eigenvalue weighted by molar-refractivity contribution is 5.61. The second-order valence-electron chi connectivity index (χ2n) is 3.93. The van der Waals surface area contributed by atoms with Crippen molar-refractivity contribution in [1.82, 2.24) is 0 Å². The van der Waals surface area contributed by atoms with Gasteiger partial charge in [-0.05, 0) is 36.6 Å². The average molecular weight is 175 g/mol. The van der Waals surface area contributed by atoms with E-state index in [1.165, 1.54) is 16.8 Å². The van der Waals surface area contributed by atoms with Gasteiger partial charge in [-0.25, -0.2) is 0 Å². The van der Waals surface area contributed by atoms with Gasteiger partial charge in [0.25, 0.3) is 0 Å². The van der Waals surface area contributed by atoms with Crippen LogP contribution < -0.4 is 10.1 Å². The number of nitrogens with one attached hydrogen (secondary N) is 1. The molecule has 0 aromatic heterocycles. The highest BCUT2D eigenvalue weighted by atomic mass is 16.5. The van der Waals surface area contributed by atoms with E-state index in [4.69, 9.17) is 4.74 Å². The summed E-state index contributed by atoms with van der Waals surface area (Å²) in [7, 11) is 0. The number of ether oxygens (including phenoxy) is 1. The molecule has 1 atom stereocenters. The van der Waals surface area contributed by atoms with Crippen molar-refractivity contribution < 1.29 is 4.74 Å². The summed E-state index contributed by atoms with van der Waals surface area (Å²) in [6.45, 7) is 3.20. The van der Waals surface area contributed by atoms with Crippen LogP contribution in [0.15, 0.2) is 12.1 Å². The van der Waals surface area contributed by atoms with Gasteiger partial charge in [0, 0.05) is 18.7 Å². The van der Waals surface area contributed by atoms with E-state index in [0.29, 0.717) is 6.10 Å². The van der Waals surface area contributed by atoms with Crippen molar-refractivity contribution in [3.8, 4) is 5.75 Å². The molecule has 0 spiro atoms. The van der Waals surface area contributed by atoms with Crippen LogP contribution >= 0.6 is 0 Å². The third-order valence-corrected chi connectivity index (χ3v) is 2.83. The molecule has 2 heterocycles. The Labute approximate surface area is 77.9 Å². The molecule has 3 rings (SSSR count). The summed E-state index contributed by atoms with van der Waals surface area (Å²) in [5.74, 6) is 1.11. The lowest BCUT2D eigenvalue weighted by Gasteiger charge is -2.04. The molecule has 0 amide bonds. The summed E-state index contributed by atoms with van der Waals surface area (Å²) < 4.78 is 5.70. The highest BCUT2D eigenvalue weighted by Crippen LogP contribution is 2.35. The molecule has 1 aromatic rings. The van der Waals surface area contributed by atoms with E-state index in [-0.39, 0.29) is 0 Å². The summed E-state index contributed by atoms with van der Waals surface area (Å²) in [5.41, 5.74) is 4.09. The van der Waals surface area contributed by atoms with Gasteiger partial charge in [-0.2, -0.15) is 0 Å². The first-order valence-corrected chi connectivity index (χ1v) is 4.89. The van der Waals surface area contributed by atoms with Crippen LogP contribution in [0.1, 0.15) is 18.1 Å². The van der Waals surface area contributed by atoms with E-state index in [2.05, 4.69) is 24.4 Å². The predicted molar refractivity (Wildman–Crippen MR) is 52.4 cm³/mol. The quantitative estimate of drug-likeness (QED) is 0.651. The zero-order chi connectivity index (χ0) is 8.84. The van der Waals surface area contributed by atoms with Crippen molar-refractivity contribution in [1.29, 1.82) is 0 Å². The summed E-state index contributed by atoms with van der Waals surface area (Å²) in [4.78, 5) is 0. The Kier molecular flexibility index (Phi) is 1.34. The number of anilines is 1. The molecule has 0 aliphatic carbocycles. The van der Waals surface area contributed by atoms with Gasteiger partial charge in [0.2, 0.25) is 0 Å². The number of hydrogen-bond acceptors (Lipinski definition) is 2. The van der Waals surface area contributed by atoms with Crippen LogP contribution in [0.3, 0.4) is 0 Å². The molecule has 0 radical (unpaired) electrons. The minimum absolute atomic E-state index is 0.359. The van der Waals surface area contributed by atoms with E-state index < -0.39 is 0 Å². The maximum atomic E-state index is 5.70. The van der Waals surface area contributed by atoms with Crippen LogP contribution in [0.4, 0.5) is 5.69 Å². The molecule has 0 fully saturated rings. The Hall–Kier alpha value is -1.18. The van der Waals surface area contributed by atoms with Crippen molar-refractivity contribution in [3.63, 3.8) is 0 Å².